The standard InChI is InChI=1S/C20H23NO5/c1-25-17-9-4-15(5-10-17)6-13-19(22)21-16-7-11-18(12-8-16)26-14-2-3-20(23)24/h4-5,7-12H,2-3,6,13-14H2,1H3,(H,21,22)(H,23,24). The first kappa shape index (κ1) is 19.3. The van der Waals surface area contributed by atoms with Crippen molar-refractivity contribution in [1.82, 2.24) is 0 Å². The Morgan fingerprint density at radius 1 is 0.962 bits per heavy atom. The average molecular weight is 357 g/mol. The number of carbonyl (C=O) groups excluding carboxylic acids is 1. The molecule has 0 fully saturated rings. The molecule has 26 heavy (non-hydrogen) atoms. The van der Waals surface area contributed by atoms with Crippen molar-refractivity contribution in [2.45, 2.75) is 25.7 Å². The molecule has 138 valence electrons. The first-order chi connectivity index (χ1) is 12.6. The van der Waals surface area contributed by atoms with E-state index in [1.54, 1.807) is 31.4 Å². The Kier molecular flexibility index (Phi) is 7.49. The van der Waals surface area contributed by atoms with Gasteiger partial charge in [-0.25, -0.2) is 0 Å². The highest BCUT2D eigenvalue weighted by Gasteiger charge is 2.04. The first-order valence-corrected chi connectivity index (χ1v) is 8.44. The largest absolute Gasteiger partial charge is 0.497 e. The number of ether oxygens (including phenoxy) is 2. The van der Waals surface area contributed by atoms with Gasteiger partial charge in [0.15, 0.2) is 0 Å². The second kappa shape index (κ2) is 10.1. The van der Waals surface area contributed by atoms with E-state index < -0.39 is 5.97 Å². The fourth-order valence-corrected chi connectivity index (χ4v) is 2.32. The second-order valence-electron chi connectivity index (χ2n) is 5.77. The van der Waals surface area contributed by atoms with Gasteiger partial charge in [-0.1, -0.05) is 12.1 Å². The summed E-state index contributed by atoms with van der Waals surface area (Å²) in [5, 5.41) is 11.4. The Balaban J connectivity index is 1.73. The minimum absolute atomic E-state index is 0.0593. The zero-order valence-electron chi connectivity index (χ0n) is 14.7. The van der Waals surface area contributed by atoms with E-state index in [4.69, 9.17) is 14.6 Å². The van der Waals surface area contributed by atoms with E-state index >= 15 is 0 Å². The third-order valence-corrected chi connectivity index (χ3v) is 3.74. The summed E-state index contributed by atoms with van der Waals surface area (Å²) in [5.74, 6) is 0.548. The van der Waals surface area contributed by atoms with Gasteiger partial charge in [-0.15, -0.1) is 0 Å². The van der Waals surface area contributed by atoms with Crippen molar-refractivity contribution in [2.75, 3.05) is 19.0 Å². The Morgan fingerprint density at radius 3 is 2.23 bits per heavy atom. The lowest BCUT2D eigenvalue weighted by molar-refractivity contribution is -0.137. The summed E-state index contributed by atoms with van der Waals surface area (Å²) >= 11 is 0. The molecule has 0 saturated heterocycles. The lowest BCUT2D eigenvalue weighted by atomic mass is 10.1. The number of carbonyl (C=O) groups is 2. The van der Waals surface area contributed by atoms with Crippen molar-refractivity contribution in [2.24, 2.45) is 0 Å². The molecule has 2 aromatic rings. The minimum atomic E-state index is -0.832. The summed E-state index contributed by atoms with van der Waals surface area (Å²) in [6.07, 6.45) is 1.59. The van der Waals surface area contributed by atoms with Gasteiger partial charge in [0, 0.05) is 18.5 Å². The highest BCUT2D eigenvalue weighted by atomic mass is 16.5. The Bertz CT molecular complexity index is 710. The summed E-state index contributed by atoms with van der Waals surface area (Å²) in [5.41, 5.74) is 1.77. The molecule has 2 N–H and O–H groups in total. The van der Waals surface area contributed by atoms with Gasteiger partial charge in [-0.05, 0) is 54.8 Å². The number of nitrogens with one attached hydrogen (secondary N) is 1. The van der Waals surface area contributed by atoms with Crippen molar-refractivity contribution < 1.29 is 24.2 Å². The Labute approximate surface area is 152 Å². The van der Waals surface area contributed by atoms with Gasteiger partial charge in [-0.3, -0.25) is 9.59 Å². The molecule has 0 radical (unpaired) electrons. The molecule has 0 heterocycles. The Morgan fingerprint density at radius 2 is 1.62 bits per heavy atom. The number of carboxylic acids is 1. The van der Waals surface area contributed by atoms with Gasteiger partial charge in [-0.2, -0.15) is 0 Å². The number of anilines is 1. The van der Waals surface area contributed by atoms with Crippen LogP contribution in [0, 0.1) is 0 Å². The van der Waals surface area contributed by atoms with Crippen LogP contribution in [-0.2, 0) is 16.0 Å². The van der Waals surface area contributed by atoms with Gasteiger partial charge >= 0.3 is 5.97 Å². The highest BCUT2D eigenvalue weighted by Crippen LogP contribution is 2.17. The van der Waals surface area contributed by atoms with Crippen LogP contribution in [0.25, 0.3) is 0 Å². The van der Waals surface area contributed by atoms with Crippen LogP contribution in [0.2, 0.25) is 0 Å². The fourth-order valence-electron chi connectivity index (χ4n) is 2.32. The molecule has 0 aliphatic rings. The number of aliphatic carboxylic acids is 1. The highest BCUT2D eigenvalue weighted by molar-refractivity contribution is 5.90. The third-order valence-electron chi connectivity index (χ3n) is 3.74. The predicted octanol–water partition coefficient (Wildman–Crippen LogP) is 3.51. The Hall–Kier alpha value is -3.02. The van der Waals surface area contributed by atoms with Crippen molar-refractivity contribution in [3.63, 3.8) is 0 Å². The van der Waals surface area contributed by atoms with Crippen LogP contribution in [0.1, 0.15) is 24.8 Å². The van der Waals surface area contributed by atoms with Gasteiger partial charge in [0.1, 0.15) is 11.5 Å². The van der Waals surface area contributed by atoms with Crippen LogP contribution >= 0.6 is 0 Å². The van der Waals surface area contributed by atoms with E-state index in [9.17, 15) is 9.59 Å². The van der Waals surface area contributed by atoms with Gasteiger partial charge < -0.3 is 19.9 Å². The number of hydrogen-bond donors (Lipinski definition) is 2. The number of rotatable bonds is 10. The average Bonchev–Trinajstić information content (AvgIpc) is 2.65. The minimum Gasteiger partial charge on any atom is -0.497 e. The maximum atomic E-state index is 12.0. The zero-order valence-corrected chi connectivity index (χ0v) is 14.7. The molecule has 0 unspecified atom stereocenters. The SMILES string of the molecule is COc1ccc(CCC(=O)Nc2ccc(OCCCC(=O)O)cc2)cc1. The number of benzene rings is 2. The quantitative estimate of drug-likeness (QED) is 0.636. The summed E-state index contributed by atoms with van der Waals surface area (Å²) in [6.45, 7) is 0.347. The van der Waals surface area contributed by atoms with Crippen LogP contribution in [0.5, 0.6) is 11.5 Å². The van der Waals surface area contributed by atoms with Gasteiger partial charge in [0.2, 0.25) is 5.91 Å². The summed E-state index contributed by atoms with van der Waals surface area (Å²) < 4.78 is 10.6. The molecule has 2 aromatic carbocycles. The van der Waals surface area contributed by atoms with Crippen LogP contribution in [0.15, 0.2) is 48.5 Å². The molecule has 0 aromatic heterocycles. The zero-order chi connectivity index (χ0) is 18.8. The van der Waals surface area contributed by atoms with E-state index in [1.165, 1.54) is 0 Å². The van der Waals surface area contributed by atoms with Crippen LogP contribution in [-0.4, -0.2) is 30.7 Å². The number of hydrogen-bond acceptors (Lipinski definition) is 4. The van der Waals surface area contributed by atoms with Crippen molar-refractivity contribution in [3.8, 4) is 11.5 Å². The maximum absolute atomic E-state index is 12.0. The molecule has 0 saturated carbocycles. The van der Waals surface area contributed by atoms with Crippen molar-refractivity contribution in [1.29, 1.82) is 0 Å². The van der Waals surface area contributed by atoms with E-state index in [-0.39, 0.29) is 12.3 Å². The topological polar surface area (TPSA) is 84.9 Å². The molecule has 0 spiro atoms. The smallest absolute Gasteiger partial charge is 0.303 e. The monoisotopic (exact) mass is 357 g/mol. The molecule has 0 aliphatic carbocycles. The molecule has 2 rings (SSSR count). The van der Waals surface area contributed by atoms with Crippen LogP contribution < -0.4 is 14.8 Å². The van der Waals surface area contributed by atoms with E-state index in [1.807, 2.05) is 24.3 Å². The lowest BCUT2D eigenvalue weighted by Gasteiger charge is -2.08. The number of aryl methyl sites for hydroxylation is 1. The molecule has 0 aliphatic heterocycles. The maximum Gasteiger partial charge on any atom is 0.303 e. The molecular weight excluding hydrogens is 334 g/mol. The van der Waals surface area contributed by atoms with Crippen molar-refractivity contribution >= 4 is 17.6 Å². The molecule has 6 heteroatoms. The number of amides is 1. The van der Waals surface area contributed by atoms with Gasteiger partial charge in [0.05, 0.1) is 13.7 Å². The number of methoxy groups -OCH3 is 1. The van der Waals surface area contributed by atoms with E-state index in [0.717, 1.165) is 11.3 Å². The second-order valence-corrected chi connectivity index (χ2v) is 5.77. The molecule has 6 nitrogen and oxygen atoms in total. The van der Waals surface area contributed by atoms with Gasteiger partial charge in [0.25, 0.3) is 0 Å². The van der Waals surface area contributed by atoms with E-state index in [0.29, 0.717) is 37.3 Å². The predicted molar refractivity (Wildman–Crippen MR) is 98.8 cm³/mol. The molecule has 0 bridgehead atoms. The normalized spacial score (nSPS) is 10.2. The van der Waals surface area contributed by atoms with E-state index in [2.05, 4.69) is 5.32 Å². The van der Waals surface area contributed by atoms with Crippen molar-refractivity contribution in [3.05, 3.63) is 54.1 Å². The first-order valence-electron chi connectivity index (χ1n) is 8.44. The summed E-state index contributed by atoms with van der Waals surface area (Å²) in [6, 6.07) is 14.7. The lowest BCUT2D eigenvalue weighted by Crippen LogP contribution is -2.12. The fraction of sp³-hybridized carbons (Fsp3) is 0.300. The van der Waals surface area contributed by atoms with Crippen LogP contribution in [0.3, 0.4) is 0 Å². The molecule has 1 amide bonds. The summed E-state index contributed by atoms with van der Waals surface area (Å²) in [4.78, 5) is 22.5. The summed E-state index contributed by atoms with van der Waals surface area (Å²) in [7, 11) is 1.62. The third kappa shape index (κ3) is 6.84. The van der Waals surface area contributed by atoms with Crippen LogP contribution in [0.4, 0.5) is 5.69 Å². The molecule has 0 atom stereocenters. The number of carboxylic acid groups (broad SMARTS) is 1. The molecular formula is C20H23NO5.